The Bertz CT molecular complexity index is 788. The topological polar surface area (TPSA) is 83.1 Å². The average Bonchev–Trinajstić information content (AvgIpc) is 2.77. The Morgan fingerprint density at radius 3 is 2.17 bits per heavy atom. The van der Waals surface area contributed by atoms with Crippen LogP contribution in [0.5, 0.6) is 11.5 Å². The molecule has 0 unspecified atom stereocenters. The Balaban J connectivity index is 1.72. The summed E-state index contributed by atoms with van der Waals surface area (Å²) in [5, 5.41) is 2.84. The molecule has 0 aliphatic rings. The monoisotopic (exact) mass is 415 g/mol. The third-order valence-electron chi connectivity index (χ3n) is 4.44. The summed E-state index contributed by atoms with van der Waals surface area (Å²) in [7, 11) is 3.11. The van der Waals surface area contributed by atoms with Crippen LogP contribution in [-0.4, -0.2) is 52.0 Å². The lowest BCUT2D eigenvalue weighted by Crippen LogP contribution is -2.30. The number of carbonyl (C=O) groups is 2. The van der Waals surface area contributed by atoms with Crippen molar-refractivity contribution in [3.63, 3.8) is 0 Å². The summed E-state index contributed by atoms with van der Waals surface area (Å²) in [6.07, 6.45) is 0.487. The van der Waals surface area contributed by atoms with Gasteiger partial charge in [0.15, 0.2) is 12.7 Å². The van der Waals surface area contributed by atoms with Crippen molar-refractivity contribution < 1.29 is 28.5 Å². The molecule has 2 aromatic carbocycles. The maximum atomic E-state index is 12.0. The summed E-state index contributed by atoms with van der Waals surface area (Å²) in [5.41, 5.74) is 2.02. The number of carbonyl (C=O) groups excluding carboxylic acids is 2. The molecule has 0 spiro atoms. The van der Waals surface area contributed by atoms with Gasteiger partial charge in [-0.25, -0.2) is 4.79 Å². The van der Waals surface area contributed by atoms with Gasteiger partial charge in [-0.05, 0) is 48.7 Å². The minimum Gasteiger partial charge on any atom is -0.497 e. The van der Waals surface area contributed by atoms with Crippen LogP contribution in [0.4, 0.5) is 0 Å². The molecule has 162 valence electrons. The first-order valence-corrected chi connectivity index (χ1v) is 9.86. The van der Waals surface area contributed by atoms with Gasteiger partial charge < -0.3 is 24.3 Å². The lowest BCUT2D eigenvalue weighted by atomic mass is 10.1. The predicted molar refractivity (Wildman–Crippen MR) is 113 cm³/mol. The molecule has 0 aliphatic heterocycles. The molecule has 1 amide bonds. The van der Waals surface area contributed by atoms with Crippen molar-refractivity contribution in [1.82, 2.24) is 5.32 Å². The Hall–Kier alpha value is -3.06. The number of methoxy groups -OCH3 is 2. The van der Waals surface area contributed by atoms with Crippen molar-refractivity contribution in [1.29, 1.82) is 0 Å². The van der Waals surface area contributed by atoms with Gasteiger partial charge in [-0.15, -0.1) is 0 Å². The van der Waals surface area contributed by atoms with Gasteiger partial charge in [0.05, 0.1) is 13.7 Å². The number of amides is 1. The molecule has 0 aliphatic carbocycles. The molecule has 0 radical (unpaired) electrons. The first-order chi connectivity index (χ1) is 14.5. The predicted octanol–water partition coefficient (Wildman–Crippen LogP) is 2.55. The van der Waals surface area contributed by atoms with E-state index in [1.54, 1.807) is 26.2 Å². The van der Waals surface area contributed by atoms with Gasteiger partial charge in [0.1, 0.15) is 11.5 Å². The number of hydrogen-bond acceptors (Lipinski definition) is 6. The van der Waals surface area contributed by atoms with Gasteiger partial charge in [-0.3, -0.25) is 4.79 Å². The third-order valence-corrected chi connectivity index (χ3v) is 4.44. The highest BCUT2D eigenvalue weighted by molar-refractivity contribution is 5.77. The van der Waals surface area contributed by atoms with E-state index in [4.69, 9.17) is 18.9 Å². The molecule has 1 N–H and O–H groups in total. The van der Waals surface area contributed by atoms with Crippen LogP contribution in [0.3, 0.4) is 0 Å². The molecule has 2 aromatic rings. The second-order valence-corrected chi connectivity index (χ2v) is 6.56. The highest BCUT2D eigenvalue weighted by Crippen LogP contribution is 2.15. The number of rotatable bonds is 12. The second kappa shape index (κ2) is 12.5. The van der Waals surface area contributed by atoms with Crippen LogP contribution in [0.15, 0.2) is 48.5 Å². The SMILES string of the molecule is CCOC(=O)[C@H](Cc1ccc(OCC(=O)NCCc2ccc(OC)cc2)cc1)OC. The number of esters is 1. The highest BCUT2D eigenvalue weighted by Gasteiger charge is 2.19. The Morgan fingerprint density at radius 2 is 1.57 bits per heavy atom. The molecular formula is C23H29NO6. The van der Waals surface area contributed by atoms with Crippen LogP contribution in [0.25, 0.3) is 0 Å². The molecule has 2 rings (SSSR count). The van der Waals surface area contributed by atoms with Crippen molar-refractivity contribution in [2.24, 2.45) is 0 Å². The van der Waals surface area contributed by atoms with Crippen molar-refractivity contribution in [3.05, 3.63) is 59.7 Å². The van der Waals surface area contributed by atoms with Crippen LogP contribution >= 0.6 is 0 Å². The van der Waals surface area contributed by atoms with Crippen LogP contribution in [-0.2, 0) is 31.9 Å². The Kier molecular flexibility index (Phi) is 9.67. The number of ether oxygens (including phenoxy) is 4. The highest BCUT2D eigenvalue weighted by atomic mass is 16.6. The fraction of sp³-hybridized carbons (Fsp3) is 0.391. The van der Waals surface area contributed by atoms with Crippen LogP contribution in [0.1, 0.15) is 18.1 Å². The van der Waals surface area contributed by atoms with E-state index in [2.05, 4.69) is 5.32 Å². The van der Waals surface area contributed by atoms with Crippen LogP contribution in [0.2, 0.25) is 0 Å². The van der Waals surface area contributed by atoms with E-state index in [1.165, 1.54) is 7.11 Å². The smallest absolute Gasteiger partial charge is 0.335 e. The fourth-order valence-electron chi connectivity index (χ4n) is 2.77. The average molecular weight is 415 g/mol. The molecular weight excluding hydrogens is 386 g/mol. The Labute approximate surface area is 177 Å². The number of nitrogens with one attached hydrogen (secondary N) is 1. The molecule has 30 heavy (non-hydrogen) atoms. The van der Waals surface area contributed by atoms with Crippen LogP contribution in [0, 0.1) is 0 Å². The standard InChI is InChI=1S/C23H29NO6/c1-4-29-23(26)21(28-3)15-18-7-11-20(12-8-18)30-16-22(25)24-14-13-17-5-9-19(27-2)10-6-17/h5-12,21H,4,13-16H2,1-3H3,(H,24,25)/t21-/m0/s1. The molecule has 7 heteroatoms. The van der Waals surface area contributed by atoms with Gasteiger partial charge in [-0.2, -0.15) is 0 Å². The molecule has 0 heterocycles. The maximum absolute atomic E-state index is 12.0. The Morgan fingerprint density at radius 1 is 0.933 bits per heavy atom. The van der Waals surface area contributed by atoms with Crippen LogP contribution < -0.4 is 14.8 Å². The zero-order valence-corrected chi connectivity index (χ0v) is 17.7. The van der Waals surface area contributed by atoms with E-state index in [0.717, 1.165) is 23.3 Å². The molecule has 7 nitrogen and oxygen atoms in total. The largest absolute Gasteiger partial charge is 0.497 e. The quantitative estimate of drug-likeness (QED) is 0.537. The first kappa shape index (κ1) is 23.2. The summed E-state index contributed by atoms with van der Waals surface area (Å²) in [6.45, 7) is 2.53. The summed E-state index contributed by atoms with van der Waals surface area (Å²) in [6, 6.07) is 14.9. The van der Waals surface area contributed by atoms with Gasteiger partial charge in [-0.1, -0.05) is 24.3 Å². The van der Waals surface area contributed by atoms with E-state index in [9.17, 15) is 9.59 Å². The van der Waals surface area contributed by atoms with Crippen molar-refractivity contribution >= 4 is 11.9 Å². The summed E-state index contributed by atoms with van der Waals surface area (Å²) in [4.78, 5) is 23.8. The molecule has 0 bridgehead atoms. The lowest BCUT2D eigenvalue weighted by Gasteiger charge is -2.14. The minimum absolute atomic E-state index is 0.0640. The maximum Gasteiger partial charge on any atom is 0.335 e. The third kappa shape index (κ3) is 7.75. The molecule has 0 saturated heterocycles. The van der Waals surface area contributed by atoms with Gasteiger partial charge >= 0.3 is 5.97 Å². The van der Waals surface area contributed by atoms with Gasteiger partial charge in [0.2, 0.25) is 0 Å². The number of benzene rings is 2. The minimum atomic E-state index is -0.645. The van der Waals surface area contributed by atoms with E-state index in [0.29, 0.717) is 25.3 Å². The van der Waals surface area contributed by atoms with Crippen molar-refractivity contribution in [3.8, 4) is 11.5 Å². The van der Waals surface area contributed by atoms with Crippen molar-refractivity contribution in [2.75, 3.05) is 34.0 Å². The normalized spacial score (nSPS) is 11.4. The fourth-order valence-corrected chi connectivity index (χ4v) is 2.77. The van der Waals surface area contributed by atoms with E-state index in [1.807, 2.05) is 36.4 Å². The van der Waals surface area contributed by atoms with Gasteiger partial charge in [0.25, 0.3) is 5.91 Å². The first-order valence-electron chi connectivity index (χ1n) is 9.86. The summed E-state index contributed by atoms with van der Waals surface area (Å²) in [5.74, 6) is 0.816. The van der Waals surface area contributed by atoms with E-state index >= 15 is 0 Å². The molecule has 0 aromatic heterocycles. The summed E-state index contributed by atoms with van der Waals surface area (Å²) < 4.78 is 20.8. The zero-order valence-electron chi connectivity index (χ0n) is 17.7. The second-order valence-electron chi connectivity index (χ2n) is 6.56. The molecule has 0 fully saturated rings. The lowest BCUT2D eigenvalue weighted by molar-refractivity contribution is -0.154. The van der Waals surface area contributed by atoms with Crippen molar-refractivity contribution in [2.45, 2.75) is 25.9 Å². The van der Waals surface area contributed by atoms with E-state index < -0.39 is 6.10 Å². The summed E-state index contributed by atoms with van der Waals surface area (Å²) >= 11 is 0. The zero-order chi connectivity index (χ0) is 21.8. The van der Waals surface area contributed by atoms with E-state index in [-0.39, 0.29) is 18.5 Å². The van der Waals surface area contributed by atoms with Gasteiger partial charge in [0, 0.05) is 20.1 Å². The molecule has 0 saturated carbocycles. The molecule has 1 atom stereocenters. The number of hydrogen-bond donors (Lipinski definition) is 1.